The summed E-state index contributed by atoms with van der Waals surface area (Å²) in [5.74, 6) is 0.692. The number of carbonyl (C=O) groups excluding carboxylic acids is 2. The molecular weight excluding hydrogens is 348 g/mol. The van der Waals surface area contributed by atoms with Gasteiger partial charge in [0.05, 0.1) is 20.0 Å². The second kappa shape index (κ2) is 7.07. The lowest BCUT2D eigenvalue weighted by atomic mass is 10.2. The third-order valence-corrected chi connectivity index (χ3v) is 7.17. The average Bonchev–Trinajstić information content (AvgIpc) is 3.26. The topological polar surface area (TPSA) is 63.4 Å². The Bertz CT molecular complexity index is 722. The lowest BCUT2D eigenvalue weighted by Gasteiger charge is -2.23. The number of likely N-dealkylation sites (tertiary alicyclic amines) is 1. The molecule has 23 heavy (non-hydrogen) atoms. The van der Waals surface area contributed by atoms with E-state index in [0.29, 0.717) is 4.88 Å². The molecule has 2 aromatic heterocycles. The van der Waals surface area contributed by atoms with Crippen molar-refractivity contribution in [2.45, 2.75) is 30.0 Å². The first-order chi connectivity index (χ1) is 11.1. The maximum atomic E-state index is 12.8. The summed E-state index contributed by atoms with van der Waals surface area (Å²) in [7, 11) is 0. The van der Waals surface area contributed by atoms with Crippen LogP contribution < -0.4 is 5.73 Å². The highest BCUT2D eigenvalue weighted by Gasteiger charge is 2.32. The molecule has 0 bridgehead atoms. The number of hydrogen-bond donors (Lipinski definition) is 1. The monoisotopic (exact) mass is 366 g/mol. The minimum atomic E-state index is -0.406. The number of rotatable bonds is 5. The second-order valence-corrected chi connectivity index (χ2v) is 9.04. The SMILES string of the molecule is CCSc1ccc(C(=O)N2CCCC2c2ccc(C(N)=O)s2)s1. The molecule has 2 N–H and O–H groups in total. The predicted octanol–water partition coefficient (Wildman–Crippen LogP) is 4.00. The van der Waals surface area contributed by atoms with Crippen LogP contribution in [0.4, 0.5) is 0 Å². The number of nitrogens with zero attached hydrogens (tertiary/aromatic N) is 1. The van der Waals surface area contributed by atoms with Crippen molar-refractivity contribution in [3.8, 4) is 0 Å². The van der Waals surface area contributed by atoms with Gasteiger partial charge in [0.25, 0.3) is 11.8 Å². The van der Waals surface area contributed by atoms with Crippen LogP contribution >= 0.6 is 34.4 Å². The van der Waals surface area contributed by atoms with Crippen LogP contribution in [0.25, 0.3) is 0 Å². The number of amides is 2. The van der Waals surface area contributed by atoms with Crippen molar-refractivity contribution >= 4 is 46.2 Å². The van der Waals surface area contributed by atoms with Gasteiger partial charge < -0.3 is 10.6 Å². The third kappa shape index (κ3) is 3.46. The number of primary amides is 1. The Morgan fingerprint density at radius 3 is 2.74 bits per heavy atom. The van der Waals surface area contributed by atoms with E-state index in [4.69, 9.17) is 5.73 Å². The van der Waals surface area contributed by atoms with Gasteiger partial charge in [-0.25, -0.2) is 0 Å². The lowest BCUT2D eigenvalue weighted by Crippen LogP contribution is -2.29. The molecule has 0 aliphatic carbocycles. The van der Waals surface area contributed by atoms with Gasteiger partial charge in [0.15, 0.2) is 0 Å². The Kier molecular flexibility index (Phi) is 5.08. The zero-order chi connectivity index (χ0) is 16.4. The van der Waals surface area contributed by atoms with E-state index in [1.165, 1.54) is 15.5 Å². The normalized spacial score (nSPS) is 17.6. The average molecular weight is 367 g/mol. The predicted molar refractivity (Wildman–Crippen MR) is 96.6 cm³/mol. The largest absolute Gasteiger partial charge is 0.365 e. The molecule has 7 heteroatoms. The Morgan fingerprint density at radius 2 is 2.04 bits per heavy atom. The van der Waals surface area contributed by atoms with Crippen molar-refractivity contribution in [3.63, 3.8) is 0 Å². The van der Waals surface area contributed by atoms with Crippen LogP contribution in [0.5, 0.6) is 0 Å². The molecule has 1 aliphatic rings. The van der Waals surface area contributed by atoms with E-state index in [9.17, 15) is 9.59 Å². The molecule has 2 aromatic rings. The molecule has 3 rings (SSSR count). The fourth-order valence-electron chi connectivity index (χ4n) is 2.77. The molecule has 4 nitrogen and oxygen atoms in total. The Morgan fingerprint density at radius 1 is 1.26 bits per heavy atom. The summed E-state index contributed by atoms with van der Waals surface area (Å²) in [6.45, 7) is 2.87. The molecule has 1 fully saturated rings. The number of hydrogen-bond acceptors (Lipinski definition) is 5. The molecule has 1 aliphatic heterocycles. The maximum absolute atomic E-state index is 12.8. The fraction of sp³-hybridized carbons (Fsp3) is 0.375. The van der Waals surface area contributed by atoms with Crippen LogP contribution in [0, 0.1) is 0 Å². The van der Waals surface area contributed by atoms with Crippen LogP contribution in [0.2, 0.25) is 0 Å². The molecule has 3 heterocycles. The first-order valence-electron chi connectivity index (χ1n) is 7.53. The van der Waals surface area contributed by atoms with Gasteiger partial charge in [0.2, 0.25) is 0 Å². The molecule has 0 saturated carbocycles. The maximum Gasteiger partial charge on any atom is 0.264 e. The van der Waals surface area contributed by atoms with Gasteiger partial charge in [0, 0.05) is 11.4 Å². The van der Waals surface area contributed by atoms with E-state index in [1.54, 1.807) is 29.2 Å². The van der Waals surface area contributed by atoms with Gasteiger partial charge in [-0.15, -0.1) is 34.4 Å². The van der Waals surface area contributed by atoms with Gasteiger partial charge in [-0.1, -0.05) is 6.92 Å². The van der Waals surface area contributed by atoms with Crippen LogP contribution in [0.3, 0.4) is 0 Å². The number of thioether (sulfide) groups is 1. The number of carbonyl (C=O) groups is 2. The quantitative estimate of drug-likeness (QED) is 0.814. The molecule has 2 amide bonds. The smallest absolute Gasteiger partial charge is 0.264 e. The molecule has 1 unspecified atom stereocenters. The lowest BCUT2D eigenvalue weighted by molar-refractivity contribution is 0.0742. The van der Waals surface area contributed by atoms with Crippen molar-refractivity contribution in [2.75, 3.05) is 12.3 Å². The van der Waals surface area contributed by atoms with Crippen LogP contribution in [-0.4, -0.2) is 29.0 Å². The van der Waals surface area contributed by atoms with Crippen LogP contribution in [0.1, 0.15) is 50.0 Å². The molecular formula is C16H18N2O2S3. The first kappa shape index (κ1) is 16.5. The highest BCUT2D eigenvalue weighted by Crippen LogP contribution is 2.38. The van der Waals surface area contributed by atoms with Crippen molar-refractivity contribution in [3.05, 3.63) is 38.9 Å². The summed E-state index contributed by atoms with van der Waals surface area (Å²) < 4.78 is 1.18. The summed E-state index contributed by atoms with van der Waals surface area (Å²) >= 11 is 4.72. The fourth-order valence-corrected chi connectivity index (χ4v) is 5.78. The first-order valence-corrected chi connectivity index (χ1v) is 10.1. The molecule has 1 atom stereocenters. The van der Waals surface area contributed by atoms with E-state index in [0.717, 1.165) is 34.9 Å². The van der Waals surface area contributed by atoms with E-state index in [1.807, 2.05) is 23.1 Å². The molecule has 1 saturated heterocycles. The number of nitrogens with two attached hydrogens (primary N) is 1. The van der Waals surface area contributed by atoms with Crippen molar-refractivity contribution in [2.24, 2.45) is 5.73 Å². The van der Waals surface area contributed by atoms with Crippen LogP contribution in [-0.2, 0) is 0 Å². The number of thiophene rings is 2. The second-order valence-electron chi connectivity index (χ2n) is 5.27. The third-order valence-electron chi connectivity index (χ3n) is 3.79. The van der Waals surface area contributed by atoms with Crippen molar-refractivity contribution in [1.29, 1.82) is 0 Å². The minimum absolute atomic E-state index is 0.0602. The summed E-state index contributed by atoms with van der Waals surface area (Å²) in [5, 5.41) is 0. The van der Waals surface area contributed by atoms with E-state index in [-0.39, 0.29) is 11.9 Å². The van der Waals surface area contributed by atoms with Gasteiger partial charge in [-0.2, -0.15) is 0 Å². The van der Waals surface area contributed by atoms with Gasteiger partial charge in [0.1, 0.15) is 0 Å². The highest BCUT2D eigenvalue weighted by molar-refractivity contribution is 8.01. The zero-order valence-corrected chi connectivity index (χ0v) is 15.2. The Hall–Kier alpha value is -1.31. The zero-order valence-electron chi connectivity index (χ0n) is 12.8. The van der Waals surface area contributed by atoms with Crippen molar-refractivity contribution < 1.29 is 9.59 Å². The summed E-state index contributed by atoms with van der Waals surface area (Å²) in [4.78, 5) is 28.4. The van der Waals surface area contributed by atoms with E-state index < -0.39 is 5.91 Å². The Balaban J connectivity index is 1.79. The van der Waals surface area contributed by atoms with E-state index >= 15 is 0 Å². The molecule has 122 valence electrons. The summed E-state index contributed by atoms with van der Waals surface area (Å²) in [5.41, 5.74) is 5.33. The van der Waals surface area contributed by atoms with Crippen LogP contribution in [0.15, 0.2) is 28.5 Å². The van der Waals surface area contributed by atoms with Gasteiger partial charge >= 0.3 is 0 Å². The summed E-state index contributed by atoms with van der Waals surface area (Å²) in [6.07, 6.45) is 1.93. The molecule has 0 spiro atoms. The van der Waals surface area contributed by atoms with Gasteiger partial charge in [-0.3, -0.25) is 9.59 Å². The standard InChI is InChI=1S/C16H18N2O2S3/c1-2-21-14-8-7-13(23-14)16(20)18-9-3-4-10(18)11-5-6-12(22-11)15(17)19/h5-8,10H,2-4,9H2,1H3,(H2,17,19). The minimum Gasteiger partial charge on any atom is -0.365 e. The highest BCUT2D eigenvalue weighted by atomic mass is 32.2. The summed E-state index contributed by atoms with van der Waals surface area (Å²) in [6, 6.07) is 7.68. The van der Waals surface area contributed by atoms with Crippen molar-refractivity contribution in [1.82, 2.24) is 4.90 Å². The molecule has 0 aromatic carbocycles. The van der Waals surface area contributed by atoms with E-state index in [2.05, 4.69) is 6.92 Å². The Labute approximate surface area is 147 Å². The van der Waals surface area contributed by atoms with Gasteiger partial charge in [-0.05, 0) is 42.9 Å². The molecule has 0 radical (unpaired) electrons.